The van der Waals surface area contributed by atoms with Gasteiger partial charge >= 0.3 is 0 Å². The van der Waals surface area contributed by atoms with Gasteiger partial charge in [-0.1, -0.05) is 59.7 Å². The molecular weight excluding hydrogens is 464 g/mol. The molecule has 1 amide bonds. The van der Waals surface area contributed by atoms with Gasteiger partial charge in [-0.25, -0.2) is 0 Å². The van der Waals surface area contributed by atoms with Crippen LogP contribution in [0.1, 0.15) is 38.1 Å². The van der Waals surface area contributed by atoms with Gasteiger partial charge in [0.25, 0.3) is 0 Å². The molecule has 158 valence electrons. The Kier molecular flexibility index (Phi) is 7.93. The molecule has 0 aliphatic heterocycles. The SMILES string of the molecule is CCn1c(COc2ccccc2)nnc1SCC(=O)Nc1ccc(Br)cc1C(C)C. The number of nitrogens with zero attached hydrogens (tertiary/aromatic N) is 3. The molecule has 30 heavy (non-hydrogen) atoms. The van der Waals surface area contributed by atoms with Gasteiger partial charge in [0.1, 0.15) is 12.4 Å². The van der Waals surface area contributed by atoms with Crippen LogP contribution in [0, 0.1) is 0 Å². The number of benzene rings is 2. The quantitative estimate of drug-likeness (QED) is 0.403. The van der Waals surface area contributed by atoms with Crippen molar-refractivity contribution >= 4 is 39.3 Å². The van der Waals surface area contributed by atoms with Crippen molar-refractivity contribution in [3.05, 3.63) is 64.4 Å². The summed E-state index contributed by atoms with van der Waals surface area (Å²) < 4.78 is 8.75. The zero-order valence-corrected chi connectivity index (χ0v) is 19.7. The number of ether oxygens (including phenoxy) is 1. The second-order valence-electron chi connectivity index (χ2n) is 6.97. The van der Waals surface area contributed by atoms with Crippen molar-refractivity contribution in [1.82, 2.24) is 14.8 Å². The number of hydrogen-bond acceptors (Lipinski definition) is 5. The van der Waals surface area contributed by atoms with E-state index in [1.54, 1.807) is 0 Å². The number of carbonyl (C=O) groups is 1. The third-order valence-corrected chi connectivity index (χ3v) is 5.92. The van der Waals surface area contributed by atoms with Crippen LogP contribution in [-0.4, -0.2) is 26.4 Å². The molecule has 1 aromatic heterocycles. The third-order valence-electron chi connectivity index (χ3n) is 4.46. The Morgan fingerprint density at radius 1 is 1.20 bits per heavy atom. The van der Waals surface area contributed by atoms with Gasteiger partial charge in [-0.2, -0.15) is 0 Å². The second-order valence-corrected chi connectivity index (χ2v) is 8.83. The summed E-state index contributed by atoms with van der Waals surface area (Å²) in [5, 5.41) is 12.2. The van der Waals surface area contributed by atoms with Gasteiger partial charge in [-0.05, 0) is 48.7 Å². The second kappa shape index (κ2) is 10.6. The van der Waals surface area contributed by atoms with Gasteiger partial charge in [0, 0.05) is 16.7 Å². The minimum absolute atomic E-state index is 0.0723. The molecule has 1 heterocycles. The average molecular weight is 489 g/mol. The van der Waals surface area contributed by atoms with Crippen LogP contribution in [0.25, 0.3) is 0 Å². The van der Waals surface area contributed by atoms with Crippen molar-refractivity contribution in [3.8, 4) is 5.75 Å². The van der Waals surface area contributed by atoms with E-state index in [0.29, 0.717) is 24.2 Å². The van der Waals surface area contributed by atoms with Gasteiger partial charge in [0.2, 0.25) is 5.91 Å². The lowest BCUT2D eigenvalue weighted by Crippen LogP contribution is -2.16. The number of nitrogens with one attached hydrogen (secondary N) is 1. The zero-order chi connectivity index (χ0) is 21.5. The molecule has 0 spiro atoms. The van der Waals surface area contributed by atoms with E-state index in [-0.39, 0.29) is 11.7 Å². The first kappa shape index (κ1) is 22.4. The van der Waals surface area contributed by atoms with Crippen molar-refractivity contribution in [2.24, 2.45) is 0 Å². The average Bonchev–Trinajstić information content (AvgIpc) is 3.14. The topological polar surface area (TPSA) is 69.0 Å². The molecular formula is C22H25BrN4O2S. The summed E-state index contributed by atoms with van der Waals surface area (Å²) in [5.74, 6) is 2.01. The van der Waals surface area contributed by atoms with Crippen LogP contribution < -0.4 is 10.1 Å². The fraction of sp³-hybridized carbons (Fsp3) is 0.318. The van der Waals surface area contributed by atoms with Crippen LogP contribution in [-0.2, 0) is 17.9 Å². The fourth-order valence-electron chi connectivity index (χ4n) is 2.96. The molecule has 0 aliphatic carbocycles. The van der Waals surface area contributed by atoms with E-state index in [1.807, 2.05) is 60.0 Å². The van der Waals surface area contributed by atoms with Crippen LogP contribution in [0.3, 0.4) is 0 Å². The van der Waals surface area contributed by atoms with Crippen molar-refractivity contribution in [3.63, 3.8) is 0 Å². The van der Waals surface area contributed by atoms with E-state index < -0.39 is 0 Å². The molecule has 0 unspecified atom stereocenters. The number of halogens is 1. The Morgan fingerprint density at radius 2 is 1.97 bits per heavy atom. The predicted octanol–water partition coefficient (Wildman–Crippen LogP) is 5.49. The Morgan fingerprint density at radius 3 is 2.67 bits per heavy atom. The molecule has 0 saturated carbocycles. The van der Waals surface area contributed by atoms with Crippen molar-refractivity contribution < 1.29 is 9.53 Å². The molecule has 8 heteroatoms. The molecule has 0 fully saturated rings. The van der Waals surface area contributed by atoms with E-state index in [4.69, 9.17) is 4.74 Å². The van der Waals surface area contributed by atoms with Gasteiger partial charge in [0.05, 0.1) is 5.75 Å². The summed E-state index contributed by atoms with van der Waals surface area (Å²) in [6.45, 7) is 7.27. The Bertz CT molecular complexity index is 992. The molecule has 0 aliphatic rings. The maximum absolute atomic E-state index is 12.5. The van der Waals surface area contributed by atoms with Crippen molar-refractivity contribution in [2.75, 3.05) is 11.1 Å². The predicted molar refractivity (Wildman–Crippen MR) is 124 cm³/mol. The van der Waals surface area contributed by atoms with Crippen molar-refractivity contribution in [2.45, 2.75) is 45.0 Å². The fourth-order valence-corrected chi connectivity index (χ4v) is 4.16. The third kappa shape index (κ3) is 5.86. The smallest absolute Gasteiger partial charge is 0.234 e. The number of amides is 1. The minimum atomic E-state index is -0.0723. The number of rotatable bonds is 9. The first-order chi connectivity index (χ1) is 14.5. The number of carbonyl (C=O) groups excluding carboxylic acids is 1. The van der Waals surface area contributed by atoms with Crippen LogP contribution in [0.5, 0.6) is 5.75 Å². The lowest BCUT2D eigenvalue weighted by molar-refractivity contribution is -0.113. The number of anilines is 1. The first-order valence-electron chi connectivity index (χ1n) is 9.80. The normalized spacial score (nSPS) is 11.0. The van der Waals surface area contributed by atoms with Gasteiger partial charge in [0.15, 0.2) is 11.0 Å². The lowest BCUT2D eigenvalue weighted by Gasteiger charge is -2.14. The molecule has 6 nitrogen and oxygen atoms in total. The van der Waals surface area contributed by atoms with E-state index in [2.05, 4.69) is 45.3 Å². The standard InChI is InChI=1S/C22H25BrN4O2S/c1-4-27-20(13-29-17-8-6-5-7-9-17)25-26-22(27)30-14-21(28)24-19-11-10-16(23)12-18(19)15(2)3/h5-12,15H,4,13-14H2,1-3H3,(H,24,28). The highest BCUT2D eigenvalue weighted by Crippen LogP contribution is 2.28. The highest BCUT2D eigenvalue weighted by atomic mass is 79.9. The molecule has 0 saturated heterocycles. The number of para-hydroxylation sites is 1. The molecule has 0 radical (unpaired) electrons. The maximum atomic E-state index is 12.5. The van der Waals surface area contributed by atoms with Crippen molar-refractivity contribution in [1.29, 1.82) is 0 Å². The molecule has 3 aromatic rings. The maximum Gasteiger partial charge on any atom is 0.234 e. The molecule has 0 bridgehead atoms. The summed E-state index contributed by atoms with van der Waals surface area (Å²) in [6, 6.07) is 15.5. The zero-order valence-electron chi connectivity index (χ0n) is 17.3. The van der Waals surface area contributed by atoms with Crippen LogP contribution in [0.4, 0.5) is 5.69 Å². The van der Waals surface area contributed by atoms with Gasteiger partial charge in [-0.3, -0.25) is 4.79 Å². The van der Waals surface area contributed by atoms with E-state index in [9.17, 15) is 4.79 Å². The monoisotopic (exact) mass is 488 g/mol. The lowest BCUT2D eigenvalue weighted by atomic mass is 10.0. The van der Waals surface area contributed by atoms with E-state index in [0.717, 1.165) is 27.3 Å². The number of thioether (sulfide) groups is 1. The highest BCUT2D eigenvalue weighted by molar-refractivity contribution is 9.10. The van der Waals surface area contributed by atoms with E-state index in [1.165, 1.54) is 11.8 Å². The van der Waals surface area contributed by atoms with Crippen LogP contribution >= 0.6 is 27.7 Å². The summed E-state index contributed by atoms with van der Waals surface area (Å²) in [7, 11) is 0. The summed E-state index contributed by atoms with van der Waals surface area (Å²) in [6.07, 6.45) is 0. The Labute approximate surface area is 189 Å². The first-order valence-corrected chi connectivity index (χ1v) is 11.6. The molecule has 3 rings (SSSR count). The van der Waals surface area contributed by atoms with E-state index >= 15 is 0 Å². The summed E-state index contributed by atoms with van der Waals surface area (Å²) in [5.41, 5.74) is 1.94. The Hall–Kier alpha value is -2.32. The molecule has 1 N–H and O–H groups in total. The minimum Gasteiger partial charge on any atom is -0.486 e. The van der Waals surface area contributed by atoms with Gasteiger partial charge in [-0.15, -0.1) is 10.2 Å². The summed E-state index contributed by atoms with van der Waals surface area (Å²) >= 11 is 4.86. The van der Waals surface area contributed by atoms with Crippen LogP contribution in [0.15, 0.2) is 58.2 Å². The number of hydrogen-bond donors (Lipinski definition) is 1. The largest absolute Gasteiger partial charge is 0.486 e. The molecule has 2 aromatic carbocycles. The molecule has 0 atom stereocenters. The van der Waals surface area contributed by atoms with Gasteiger partial charge < -0.3 is 14.6 Å². The number of aromatic nitrogens is 3. The Balaban J connectivity index is 1.60. The summed E-state index contributed by atoms with van der Waals surface area (Å²) in [4.78, 5) is 12.5. The highest BCUT2D eigenvalue weighted by Gasteiger charge is 2.15. The van der Waals surface area contributed by atoms with Crippen LogP contribution in [0.2, 0.25) is 0 Å².